The number of rotatable bonds is 15. The lowest BCUT2D eigenvalue weighted by atomic mass is 9.74. The summed E-state index contributed by atoms with van der Waals surface area (Å²) in [5.74, 6) is -0.858. The molecule has 1 saturated carbocycles. The number of ether oxygens (including phenoxy) is 3. The van der Waals surface area contributed by atoms with Gasteiger partial charge in [-0.1, -0.05) is 46.0 Å². The molecule has 2 aromatic carbocycles. The summed E-state index contributed by atoms with van der Waals surface area (Å²) < 4.78 is 32.7. The van der Waals surface area contributed by atoms with E-state index in [0.29, 0.717) is 42.9 Å². The fraction of sp³-hybridized carbons (Fsp3) is 0.548. The van der Waals surface area contributed by atoms with Crippen molar-refractivity contribution >= 4 is 11.9 Å². The third kappa shape index (κ3) is 8.47. The molecule has 0 saturated heterocycles. The van der Waals surface area contributed by atoms with Gasteiger partial charge >= 0.3 is 11.9 Å². The second-order valence-electron chi connectivity index (χ2n) is 10.2. The van der Waals surface area contributed by atoms with Crippen LogP contribution in [0.1, 0.15) is 88.4 Å². The number of carboxylic acid groups (broad SMARTS) is 1. The van der Waals surface area contributed by atoms with Gasteiger partial charge in [0.15, 0.2) is 0 Å². The van der Waals surface area contributed by atoms with Crippen LogP contribution in [0.4, 0.5) is 4.39 Å². The van der Waals surface area contributed by atoms with Gasteiger partial charge in [0, 0.05) is 5.92 Å². The smallest absolute Gasteiger partial charge is 0.343 e. The Morgan fingerprint density at radius 1 is 0.921 bits per heavy atom. The maximum atomic E-state index is 15.7. The number of carboxylic acids is 1. The molecule has 38 heavy (non-hydrogen) atoms. The fourth-order valence-corrected chi connectivity index (χ4v) is 4.94. The quantitative estimate of drug-likeness (QED) is 0.145. The summed E-state index contributed by atoms with van der Waals surface area (Å²) in [6, 6.07) is 13.5. The lowest BCUT2D eigenvalue weighted by Crippen LogP contribution is -2.44. The van der Waals surface area contributed by atoms with Crippen molar-refractivity contribution in [2.24, 2.45) is 11.8 Å². The van der Waals surface area contributed by atoms with Crippen LogP contribution in [0, 0.1) is 11.8 Å². The first kappa shape index (κ1) is 29.5. The Kier molecular flexibility index (Phi) is 11.4. The van der Waals surface area contributed by atoms with Crippen LogP contribution in [-0.2, 0) is 4.79 Å². The molecule has 0 amide bonds. The Morgan fingerprint density at radius 3 is 2.13 bits per heavy atom. The third-order valence-corrected chi connectivity index (χ3v) is 7.40. The van der Waals surface area contributed by atoms with Crippen molar-refractivity contribution in [3.05, 3.63) is 54.1 Å². The summed E-state index contributed by atoms with van der Waals surface area (Å²) in [5, 5.41) is 9.70. The Morgan fingerprint density at radius 2 is 1.53 bits per heavy atom. The molecule has 0 bridgehead atoms. The molecule has 7 heteroatoms. The van der Waals surface area contributed by atoms with E-state index in [4.69, 9.17) is 14.2 Å². The van der Waals surface area contributed by atoms with Gasteiger partial charge in [0.25, 0.3) is 0 Å². The average Bonchev–Trinajstić information content (AvgIpc) is 2.94. The van der Waals surface area contributed by atoms with Gasteiger partial charge in [-0.25, -0.2) is 14.0 Å². The molecular formula is C31H41FO6. The highest BCUT2D eigenvalue weighted by Gasteiger charge is 2.47. The van der Waals surface area contributed by atoms with Crippen LogP contribution in [0.5, 0.6) is 17.2 Å². The van der Waals surface area contributed by atoms with E-state index in [1.165, 1.54) is 0 Å². The molecule has 0 aromatic heterocycles. The van der Waals surface area contributed by atoms with Crippen LogP contribution in [0.2, 0.25) is 0 Å². The monoisotopic (exact) mass is 528 g/mol. The number of carbonyl (C=O) groups excluding carboxylic acids is 1. The van der Waals surface area contributed by atoms with E-state index in [1.807, 2.05) is 6.92 Å². The summed E-state index contributed by atoms with van der Waals surface area (Å²) in [6.07, 6.45) is 7.86. The number of benzene rings is 2. The number of carbonyl (C=O) groups is 2. The van der Waals surface area contributed by atoms with E-state index < -0.39 is 23.5 Å². The zero-order valence-corrected chi connectivity index (χ0v) is 22.6. The van der Waals surface area contributed by atoms with Crippen molar-refractivity contribution in [3.8, 4) is 17.2 Å². The van der Waals surface area contributed by atoms with Crippen LogP contribution >= 0.6 is 0 Å². The number of alkyl halides is 1. The Hall–Kier alpha value is -3.09. The third-order valence-electron chi connectivity index (χ3n) is 7.40. The van der Waals surface area contributed by atoms with Crippen LogP contribution in [0.15, 0.2) is 48.5 Å². The van der Waals surface area contributed by atoms with Gasteiger partial charge in [-0.15, -0.1) is 0 Å². The molecule has 3 rings (SSSR count). The predicted molar refractivity (Wildman–Crippen MR) is 145 cm³/mol. The van der Waals surface area contributed by atoms with E-state index >= 15 is 4.39 Å². The van der Waals surface area contributed by atoms with Gasteiger partial charge < -0.3 is 19.3 Å². The molecule has 0 aliphatic heterocycles. The van der Waals surface area contributed by atoms with Gasteiger partial charge in [0.2, 0.25) is 5.67 Å². The number of aliphatic carboxylic acids is 1. The van der Waals surface area contributed by atoms with Gasteiger partial charge in [-0.3, -0.25) is 0 Å². The molecule has 1 unspecified atom stereocenters. The van der Waals surface area contributed by atoms with Crippen molar-refractivity contribution in [2.45, 2.75) is 83.7 Å². The molecule has 0 spiro atoms. The molecular weight excluding hydrogens is 487 g/mol. The first-order valence-corrected chi connectivity index (χ1v) is 14.0. The minimum absolute atomic E-state index is 0.0538. The molecule has 1 fully saturated rings. The lowest BCUT2D eigenvalue weighted by Gasteiger charge is -2.35. The minimum atomic E-state index is -2.22. The van der Waals surface area contributed by atoms with E-state index in [0.717, 1.165) is 44.3 Å². The van der Waals surface area contributed by atoms with Gasteiger partial charge in [-0.2, -0.15) is 0 Å². The molecule has 1 N–H and O–H groups in total. The van der Waals surface area contributed by atoms with Crippen LogP contribution < -0.4 is 14.2 Å². The predicted octanol–water partition coefficient (Wildman–Crippen LogP) is 7.64. The van der Waals surface area contributed by atoms with E-state index in [1.54, 1.807) is 48.5 Å². The van der Waals surface area contributed by atoms with Crippen molar-refractivity contribution in [1.82, 2.24) is 0 Å². The fourth-order valence-electron chi connectivity index (χ4n) is 4.94. The summed E-state index contributed by atoms with van der Waals surface area (Å²) in [5.41, 5.74) is -1.80. The molecule has 1 aliphatic rings. The molecule has 2 aromatic rings. The van der Waals surface area contributed by atoms with Crippen molar-refractivity contribution in [1.29, 1.82) is 0 Å². The van der Waals surface area contributed by atoms with Crippen molar-refractivity contribution < 1.29 is 33.3 Å². The number of halogens is 1. The molecule has 2 atom stereocenters. The average molecular weight is 529 g/mol. The topological polar surface area (TPSA) is 82.1 Å². The summed E-state index contributed by atoms with van der Waals surface area (Å²) in [7, 11) is 0. The number of hydrogen-bond donors (Lipinski definition) is 1. The molecule has 0 heterocycles. The maximum Gasteiger partial charge on any atom is 0.343 e. The van der Waals surface area contributed by atoms with Crippen LogP contribution in [-0.4, -0.2) is 35.9 Å². The SMILES string of the molecule is CCCCCOc1ccc(C(=O)Oc2ccc(OCC(CC)C[C@@](F)(C(=O)O)C3CCCCC3)cc2)cc1. The number of esters is 1. The highest BCUT2D eigenvalue weighted by Crippen LogP contribution is 2.40. The normalized spacial score (nSPS) is 16.3. The summed E-state index contributed by atoms with van der Waals surface area (Å²) in [6.45, 7) is 4.93. The zero-order chi connectivity index (χ0) is 27.4. The van der Waals surface area contributed by atoms with Gasteiger partial charge in [-0.05, 0) is 86.6 Å². The largest absolute Gasteiger partial charge is 0.494 e. The summed E-state index contributed by atoms with van der Waals surface area (Å²) >= 11 is 0. The zero-order valence-electron chi connectivity index (χ0n) is 22.6. The standard InChI is InChI=1S/C31H41FO6/c1-3-5-9-20-36-26-14-12-24(13-15-26)29(33)38-28-18-16-27(17-19-28)37-22-23(4-2)21-31(32,30(34)35)25-10-7-6-8-11-25/h12-19,23,25H,3-11,20-22H2,1-2H3,(H,34,35)/t23?,31-/m0/s1. The van der Waals surface area contributed by atoms with E-state index in [9.17, 15) is 14.7 Å². The minimum Gasteiger partial charge on any atom is -0.494 e. The van der Waals surface area contributed by atoms with Crippen LogP contribution in [0.25, 0.3) is 0 Å². The number of hydrogen-bond acceptors (Lipinski definition) is 5. The lowest BCUT2D eigenvalue weighted by molar-refractivity contribution is -0.158. The molecule has 6 nitrogen and oxygen atoms in total. The summed E-state index contributed by atoms with van der Waals surface area (Å²) in [4.78, 5) is 24.4. The Balaban J connectivity index is 1.50. The first-order valence-electron chi connectivity index (χ1n) is 14.0. The Labute approximate surface area is 225 Å². The van der Waals surface area contributed by atoms with E-state index in [2.05, 4.69) is 6.92 Å². The molecule has 208 valence electrons. The molecule has 0 radical (unpaired) electrons. The van der Waals surface area contributed by atoms with Gasteiger partial charge in [0.05, 0.1) is 18.8 Å². The second-order valence-corrected chi connectivity index (χ2v) is 10.2. The van der Waals surface area contributed by atoms with Crippen LogP contribution in [0.3, 0.4) is 0 Å². The highest BCUT2D eigenvalue weighted by molar-refractivity contribution is 5.91. The van der Waals surface area contributed by atoms with Crippen molar-refractivity contribution in [3.63, 3.8) is 0 Å². The van der Waals surface area contributed by atoms with E-state index in [-0.39, 0.29) is 18.9 Å². The highest BCUT2D eigenvalue weighted by atomic mass is 19.1. The van der Waals surface area contributed by atoms with Crippen molar-refractivity contribution in [2.75, 3.05) is 13.2 Å². The number of unbranched alkanes of at least 4 members (excludes halogenated alkanes) is 2. The first-order chi connectivity index (χ1) is 18.4. The maximum absolute atomic E-state index is 15.7. The Bertz CT molecular complexity index is 1000. The second kappa shape index (κ2) is 14.7. The molecule has 1 aliphatic carbocycles. The van der Waals surface area contributed by atoms with Gasteiger partial charge in [0.1, 0.15) is 17.2 Å².